The molecule has 3 rings (SSSR count). The number of hydrogen-bond acceptors (Lipinski definition) is 2. The molecule has 0 radical (unpaired) electrons. The number of rotatable bonds is 3. The number of nitrogens with one attached hydrogen (secondary N) is 2. The summed E-state index contributed by atoms with van der Waals surface area (Å²) >= 11 is 11.8. The summed E-state index contributed by atoms with van der Waals surface area (Å²) in [5.74, 6) is 0. The van der Waals surface area contributed by atoms with Gasteiger partial charge in [0.05, 0.1) is 26.2 Å². The summed E-state index contributed by atoms with van der Waals surface area (Å²) in [5.41, 5.74) is 3.35. The molecule has 0 aliphatic carbocycles. The average Bonchev–Trinajstić information content (AvgIpc) is 2.60. The number of benzene rings is 1. The molecule has 2 aromatic rings. The van der Waals surface area contributed by atoms with Crippen LogP contribution in [0.25, 0.3) is 0 Å². The van der Waals surface area contributed by atoms with Crippen LogP contribution in [0, 0.1) is 6.92 Å². The number of quaternary nitrogens is 1. The minimum Gasteiger partial charge on any atom is -0.338 e. The van der Waals surface area contributed by atoms with Crippen molar-refractivity contribution in [2.45, 2.75) is 13.5 Å². The van der Waals surface area contributed by atoms with Crippen LogP contribution in [0.2, 0.25) is 5.02 Å². The Morgan fingerprint density at radius 1 is 1.25 bits per heavy atom. The highest BCUT2D eigenvalue weighted by Crippen LogP contribution is 2.23. The Bertz CT molecular complexity index is 699. The number of thiocarbonyl (C=S) groups is 1. The molecule has 1 aromatic heterocycles. The van der Waals surface area contributed by atoms with Crippen molar-refractivity contribution >= 4 is 34.6 Å². The Kier molecular flexibility index (Phi) is 5.66. The second kappa shape index (κ2) is 7.92. The van der Waals surface area contributed by atoms with Crippen LogP contribution in [-0.4, -0.2) is 41.2 Å². The van der Waals surface area contributed by atoms with Gasteiger partial charge in [0.25, 0.3) is 0 Å². The molecule has 0 atom stereocenters. The molecular weight excluding hydrogens is 340 g/mol. The molecular formula is C18H22ClN4S+. The zero-order valence-corrected chi connectivity index (χ0v) is 15.3. The summed E-state index contributed by atoms with van der Waals surface area (Å²) < 4.78 is 0. The molecule has 4 nitrogen and oxygen atoms in total. The largest absolute Gasteiger partial charge is 0.338 e. The molecule has 0 bridgehead atoms. The Morgan fingerprint density at radius 3 is 2.67 bits per heavy atom. The van der Waals surface area contributed by atoms with Crippen LogP contribution in [-0.2, 0) is 6.54 Å². The standard InChI is InChI=1S/C18H21ClN4S/c1-14-16(19)3-2-4-17(14)21-18(24)23-11-9-22(10-12-23)13-15-5-7-20-8-6-15/h2-8H,9-13H2,1H3,(H,21,24)/p+1. The van der Waals surface area contributed by atoms with Gasteiger partial charge >= 0.3 is 0 Å². The molecule has 1 aliphatic heterocycles. The van der Waals surface area contributed by atoms with E-state index in [-0.39, 0.29) is 0 Å². The second-order valence-corrected chi connectivity index (χ2v) is 6.91. The topological polar surface area (TPSA) is 32.6 Å². The van der Waals surface area contributed by atoms with E-state index in [1.54, 1.807) is 4.90 Å². The zero-order chi connectivity index (χ0) is 16.9. The molecule has 126 valence electrons. The van der Waals surface area contributed by atoms with Crippen LogP contribution in [0.15, 0.2) is 42.7 Å². The summed E-state index contributed by atoms with van der Waals surface area (Å²) in [6.45, 7) is 7.14. The van der Waals surface area contributed by atoms with Crippen LogP contribution in [0.1, 0.15) is 11.1 Å². The number of anilines is 1. The third-order valence-electron chi connectivity index (χ3n) is 4.47. The van der Waals surface area contributed by atoms with E-state index in [2.05, 4.69) is 27.3 Å². The first-order valence-corrected chi connectivity index (χ1v) is 8.95. The molecule has 24 heavy (non-hydrogen) atoms. The number of aromatic nitrogens is 1. The number of nitrogens with zero attached hydrogens (tertiary/aromatic N) is 2. The van der Waals surface area contributed by atoms with Crippen LogP contribution in [0.4, 0.5) is 5.69 Å². The number of halogens is 1. The quantitative estimate of drug-likeness (QED) is 0.820. The molecule has 2 heterocycles. The SMILES string of the molecule is Cc1c(Cl)cccc1NC(=S)N1CC[NH+](Cc2ccncc2)CC1. The molecule has 0 amide bonds. The zero-order valence-electron chi connectivity index (χ0n) is 13.8. The van der Waals surface area contributed by atoms with E-state index < -0.39 is 0 Å². The van der Waals surface area contributed by atoms with Gasteiger partial charge in [0.2, 0.25) is 0 Å². The van der Waals surface area contributed by atoms with Crippen molar-refractivity contribution in [3.63, 3.8) is 0 Å². The highest BCUT2D eigenvalue weighted by Gasteiger charge is 2.22. The Morgan fingerprint density at radius 2 is 1.96 bits per heavy atom. The van der Waals surface area contributed by atoms with Gasteiger partial charge < -0.3 is 15.1 Å². The lowest BCUT2D eigenvalue weighted by atomic mass is 10.2. The highest BCUT2D eigenvalue weighted by molar-refractivity contribution is 7.80. The van der Waals surface area contributed by atoms with E-state index in [1.807, 2.05) is 37.5 Å². The van der Waals surface area contributed by atoms with Gasteiger partial charge in [0, 0.05) is 28.7 Å². The Balaban J connectivity index is 1.52. The Labute approximate surface area is 153 Å². The third kappa shape index (κ3) is 4.23. The molecule has 1 fully saturated rings. The van der Waals surface area contributed by atoms with E-state index in [9.17, 15) is 0 Å². The van der Waals surface area contributed by atoms with Gasteiger partial charge in [0.15, 0.2) is 5.11 Å². The molecule has 0 unspecified atom stereocenters. The highest BCUT2D eigenvalue weighted by atomic mass is 35.5. The summed E-state index contributed by atoms with van der Waals surface area (Å²) in [7, 11) is 0. The van der Waals surface area contributed by atoms with Gasteiger partial charge in [-0.15, -0.1) is 0 Å². The predicted molar refractivity (Wildman–Crippen MR) is 103 cm³/mol. The average molecular weight is 362 g/mol. The maximum atomic E-state index is 6.17. The Hall–Kier alpha value is -1.69. The summed E-state index contributed by atoms with van der Waals surface area (Å²) in [4.78, 5) is 7.90. The maximum Gasteiger partial charge on any atom is 0.173 e. The molecule has 0 saturated carbocycles. The number of piperazine rings is 1. The lowest BCUT2D eigenvalue weighted by Gasteiger charge is -2.34. The van der Waals surface area contributed by atoms with E-state index in [1.165, 1.54) is 5.56 Å². The maximum absolute atomic E-state index is 6.17. The summed E-state index contributed by atoms with van der Waals surface area (Å²) in [6, 6.07) is 10.0. The van der Waals surface area contributed by atoms with Crippen molar-refractivity contribution in [1.29, 1.82) is 0 Å². The fourth-order valence-corrected chi connectivity index (χ4v) is 3.40. The second-order valence-electron chi connectivity index (χ2n) is 6.11. The normalized spacial score (nSPS) is 15.3. The van der Waals surface area contributed by atoms with Crippen LogP contribution >= 0.6 is 23.8 Å². The van der Waals surface area contributed by atoms with Gasteiger partial charge in [-0.2, -0.15) is 0 Å². The number of hydrogen-bond donors (Lipinski definition) is 2. The first-order chi connectivity index (χ1) is 11.6. The monoisotopic (exact) mass is 361 g/mol. The predicted octanol–water partition coefficient (Wildman–Crippen LogP) is 2.14. The van der Waals surface area contributed by atoms with Crippen molar-refractivity contribution in [3.05, 3.63) is 58.9 Å². The number of pyridine rings is 1. The van der Waals surface area contributed by atoms with E-state index in [0.717, 1.165) is 54.1 Å². The van der Waals surface area contributed by atoms with Crippen molar-refractivity contribution in [3.8, 4) is 0 Å². The van der Waals surface area contributed by atoms with E-state index in [4.69, 9.17) is 23.8 Å². The molecule has 1 aromatic carbocycles. The van der Waals surface area contributed by atoms with Crippen LogP contribution < -0.4 is 10.2 Å². The third-order valence-corrected chi connectivity index (χ3v) is 5.24. The lowest BCUT2D eigenvalue weighted by Crippen LogP contribution is -3.13. The fraction of sp³-hybridized carbons (Fsp3) is 0.333. The van der Waals surface area contributed by atoms with Crippen molar-refractivity contribution in [2.75, 3.05) is 31.5 Å². The minimum absolute atomic E-state index is 0.759. The van der Waals surface area contributed by atoms with Crippen molar-refractivity contribution < 1.29 is 4.90 Å². The molecule has 6 heteroatoms. The van der Waals surface area contributed by atoms with Gasteiger partial charge in [0.1, 0.15) is 6.54 Å². The molecule has 1 saturated heterocycles. The first-order valence-electron chi connectivity index (χ1n) is 8.17. The summed E-state index contributed by atoms with van der Waals surface area (Å²) in [6.07, 6.45) is 3.72. The molecule has 2 N–H and O–H groups in total. The van der Waals surface area contributed by atoms with Crippen LogP contribution in [0.3, 0.4) is 0 Å². The first kappa shape index (κ1) is 17.1. The fourth-order valence-electron chi connectivity index (χ4n) is 2.93. The van der Waals surface area contributed by atoms with E-state index in [0.29, 0.717) is 0 Å². The van der Waals surface area contributed by atoms with Gasteiger partial charge in [-0.25, -0.2) is 0 Å². The van der Waals surface area contributed by atoms with E-state index >= 15 is 0 Å². The van der Waals surface area contributed by atoms with Gasteiger partial charge in [-0.1, -0.05) is 17.7 Å². The smallest absolute Gasteiger partial charge is 0.173 e. The molecule has 0 spiro atoms. The van der Waals surface area contributed by atoms with Gasteiger partial charge in [-0.3, -0.25) is 4.98 Å². The van der Waals surface area contributed by atoms with Crippen molar-refractivity contribution in [2.24, 2.45) is 0 Å². The van der Waals surface area contributed by atoms with Gasteiger partial charge in [-0.05, 0) is 49.0 Å². The minimum atomic E-state index is 0.759. The van der Waals surface area contributed by atoms with Crippen LogP contribution in [0.5, 0.6) is 0 Å². The van der Waals surface area contributed by atoms with Crippen molar-refractivity contribution in [1.82, 2.24) is 9.88 Å². The molecule has 1 aliphatic rings. The lowest BCUT2D eigenvalue weighted by molar-refractivity contribution is -0.917. The summed E-state index contributed by atoms with van der Waals surface area (Å²) in [5, 5.41) is 4.88.